The van der Waals surface area contributed by atoms with Crippen molar-refractivity contribution in [2.75, 3.05) is 0 Å². The molecule has 0 N–H and O–H groups in total. The molecular weight excluding hydrogens is 395 g/mol. The first-order valence-corrected chi connectivity index (χ1v) is 9.53. The summed E-state index contributed by atoms with van der Waals surface area (Å²) in [7, 11) is 0. The Kier molecular flexibility index (Phi) is 5.37. The van der Waals surface area contributed by atoms with Gasteiger partial charge >= 0.3 is 0 Å². The first-order chi connectivity index (χ1) is 13.6. The number of hydrogen-bond acceptors (Lipinski definition) is 3. The average Bonchev–Trinajstić information content (AvgIpc) is 3.34. The van der Waals surface area contributed by atoms with Gasteiger partial charge in [0.2, 0.25) is 0 Å². The molecule has 28 heavy (non-hydrogen) atoms. The predicted octanol–water partition coefficient (Wildman–Crippen LogP) is 5.50. The summed E-state index contributed by atoms with van der Waals surface area (Å²) in [6.45, 7) is 2.54. The zero-order valence-corrected chi connectivity index (χ0v) is 16.7. The van der Waals surface area contributed by atoms with E-state index in [1.807, 2.05) is 64.8 Å². The van der Waals surface area contributed by atoms with Gasteiger partial charge in [0, 0.05) is 46.1 Å². The summed E-state index contributed by atoms with van der Waals surface area (Å²) in [6.07, 6.45) is 8.81. The van der Waals surface area contributed by atoms with Crippen LogP contribution in [0, 0.1) is 6.92 Å². The molecule has 4 aromatic rings. The Morgan fingerprint density at radius 1 is 1.04 bits per heavy atom. The molecule has 2 aromatic heterocycles. The summed E-state index contributed by atoms with van der Waals surface area (Å²) in [4.78, 5) is 8.37. The highest BCUT2D eigenvalue weighted by Crippen LogP contribution is 2.31. The lowest BCUT2D eigenvalue weighted by atomic mass is 10.1. The van der Waals surface area contributed by atoms with Gasteiger partial charge in [-0.15, -0.1) is 0 Å². The van der Waals surface area contributed by atoms with E-state index in [4.69, 9.17) is 27.9 Å². The van der Waals surface area contributed by atoms with Crippen LogP contribution in [-0.2, 0) is 6.54 Å². The Morgan fingerprint density at radius 2 is 1.86 bits per heavy atom. The van der Waals surface area contributed by atoms with E-state index in [1.54, 1.807) is 24.8 Å². The van der Waals surface area contributed by atoms with Gasteiger partial charge in [0.05, 0.1) is 12.9 Å². The van der Waals surface area contributed by atoms with E-state index >= 15 is 0 Å². The fourth-order valence-corrected chi connectivity index (χ4v) is 3.58. The summed E-state index contributed by atoms with van der Waals surface area (Å²) < 4.78 is 10.3. The minimum atomic E-state index is -0.292. The number of imidazole rings is 2. The number of ether oxygens (including phenoxy) is 1. The van der Waals surface area contributed by atoms with Crippen molar-refractivity contribution < 1.29 is 4.74 Å². The van der Waals surface area contributed by atoms with E-state index in [2.05, 4.69) is 9.97 Å². The highest BCUT2D eigenvalue weighted by Gasteiger charge is 2.18. The summed E-state index contributed by atoms with van der Waals surface area (Å²) in [6, 6.07) is 13.3. The highest BCUT2D eigenvalue weighted by molar-refractivity contribution is 6.35. The maximum absolute atomic E-state index is 6.44. The molecule has 0 amide bonds. The lowest BCUT2D eigenvalue weighted by molar-refractivity contribution is 0.183. The molecule has 5 nitrogen and oxygen atoms in total. The predicted molar refractivity (Wildman–Crippen MR) is 110 cm³/mol. The molecular formula is C21H18Cl2N4O. The van der Waals surface area contributed by atoms with Gasteiger partial charge in [-0.1, -0.05) is 29.3 Å². The van der Waals surface area contributed by atoms with Crippen LogP contribution >= 0.6 is 23.2 Å². The molecule has 0 saturated carbocycles. The van der Waals surface area contributed by atoms with Gasteiger partial charge in [-0.3, -0.25) is 0 Å². The van der Waals surface area contributed by atoms with Crippen molar-refractivity contribution in [1.29, 1.82) is 0 Å². The van der Waals surface area contributed by atoms with Crippen molar-refractivity contribution in [3.63, 3.8) is 0 Å². The van der Waals surface area contributed by atoms with Gasteiger partial charge < -0.3 is 13.9 Å². The van der Waals surface area contributed by atoms with Gasteiger partial charge in [-0.05, 0) is 43.3 Å². The minimum Gasteiger partial charge on any atom is -0.484 e. The molecule has 0 aliphatic carbocycles. The van der Waals surface area contributed by atoms with E-state index < -0.39 is 0 Å². The monoisotopic (exact) mass is 412 g/mol. The number of benzene rings is 2. The molecule has 2 aromatic carbocycles. The van der Waals surface area contributed by atoms with Crippen LogP contribution in [0.1, 0.15) is 17.5 Å². The third-order valence-electron chi connectivity index (χ3n) is 4.46. The molecule has 142 valence electrons. The third-order valence-corrected chi connectivity index (χ3v) is 5.03. The lowest BCUT2D eigenvalue weighted by Crippen LogP contribution is -2.15. The van der Waals surface area contributed by atoms with Crippen molar-refractivity contribution in [1.82, 2.24) is 19.1 Å². The summed E-state index contributed by atoms with van der Waals surface area (Å²) in [5.74, 6) is 1.68. The van der Waals surface area contributed by atoms with Crippen LogP contribution in [0.3, 0.4) is 0 Å². The van der Waals surface area contributed by atoms with Crippen molar-refractivity contribution in [3.05, 3.63) is 95.0 Å². The zero-order chi connectivity index (χ0) is 19.5. The second kappa shape index (κ2) is 8.09. The highest BCUT2D eigenvalue weighted by atomic mass is 35.5. The van der Waals surface area contributed by atoms with Crippen LogP contribution in [0.25, 0.3) is 5.69 Å². The quantitative estimate of drug-likeness (QED) is 0.419. The Morgan fingerprint density at radius 3 is 2.50 bits per heavy atom. The molecule has 2 heterocycles. The normalized spacial score (nSPS) is 12.1. The lowest BCUT2D eigenvalue weighted by Gasteiger charge is -2.21. The molecule has 0 saturated heterocycles. The van der Waals surface area contributed by atoms with Crippen LogP contribution in [0.15, 0.2) is 73.6 Å². The minimum absolute atomic E-state index is 0.292. The van der Waals surface area contributed by atoms with Gasteiger partial charge in [0.15, 0.2) is 0 Å². The van der Waals surface area contributed by atoms with Gasteiger partial charge in [-0.2, -0.15) is 0 Å². The topological polar surface area (TPSA) is 44.9 Å². The molecule has 0 fully saturated rings. The van der Waals surface area contributed by atoms with Gasteiger partial charge in [0.1, 0.15) is 17.7 Å². The molecule has 4 rings (SSSR count). The first kappa shape index (κ1) is 18.6. The fourth-order valence-electron chi connectivity index (χ4n) is 3.05. The Bertz CT molecular complexity index is 1060. The molecule has 0 spiro atoms. The summed E-state index contributed by atoms with van der Waals surface area (Å²) >= 11 is 12.5. The average molecular weight is 413 g/mol. The van der Waals surface area contributed by atoms with Crippen molar-refractivity contribution >= 4 is 23.2 Å². The van der Waals surface area contributed by atoms with Gasteiger partial charge in [0.25, 0.3) is 0 Å². The van der Waals surface area contributed by atoms with Crippen LogP contribution in [0.2, 0.25) is 10.0 Å². The van der Waals surface area contributed by atoms with Crippen molar-refractivity contribution in [2.45, 2.75) is 19.6 Å². The Labute approximate surface area is 173 Å². The molecule has 1 unspecified atom stereocenters. The number of aryl methyl sites for hydroxylation is 1. The second-order valence-electron chi connectivity index (χ2n) is 6.37. The number of aromatic nitrogens is 4. The standard InChI is InChI=1S/C21H18Cl2N4O/c1-15-25-9-11-27(15)17-3-5-18(6-4-17)28-21(13-26-10-8-24-14-26)19-7-2-16(22)12-20(19)23/h2-12,14,21H,13H2,1H3. The second-order valence-corrected chi connectivity index (χ2v) is 7.21. The first-order valence-electron chi connectivity index (χ1n) is 8.78. The van der Waals surface area contributed by atoms with Crippen LogP contribution < -0.4 is 4.74 Å². The van der Waals surface area contributed by atoms with Crippen LogP contribution in [0.4, 0.5) is 0 Å². The van der Waals surface area contributed by atoms with E-state index in [1.165, 1.54) is 0 Å². The number of hydrogen-bond donors (Lipinski definition) is 0. The largest absolute Gasteiger partial charge is 0.484 e. The molecule has 1 atom stereocenters. The molecule has 0 bridgehead atoms. The smallest absolute Gasteiger partial charge is 0.143 e. The Hall–Kier alpha value is -2.76. The van der Waals surface area contributed by atoms with Crippen LogP contribution in [-0.4, -0.2) is 19.1 Å². The third kappa shape index (κ3) is 4.06. The maximum Gasteiger partial charge on any atom is 0.143 e. The van der Waals surface area contributed by atoms with Crippen molar-refractivity contribution in [3.8, 4) is 11.4 Å². The Balaban J connectivity index is 1.61. The SMILES string of the molecule is Cc1nccn1-c1ccc(OC(Cn2ccnc2)c2ccc(Cl)cc2Cl)cc1. The molecule has 0 aliphatic heterocycles. The van der Waals surface area contributed by atoms with E-state index in [9.17, 15) is 0 Å². The summed E-state index contributed by atoms with van der Waals surface area (Å²) in [5, 5.41) is 1.17. The van der Waals surface area contributed by atoms with Crippen LogP contribution in [0.5, 0.6) is 5.75 Å². The van der Waals surface area contributed by atoms with Gasteiger partial charge in [-0.25, -0.2) is 9.97 Å². The molecule has 7 heteroatoms. The summed E-state index contributed by atoms with van der Waals surface area (Å²) in [5.41, 5.74) is 1.90. The fraction of sp³-hybridized carbons (Fsp3) is 0.143. The number of rotatable bonds is 6. The van der Waals surface area contributed by atoms with Crippen molar-refractivity contribution in [2.24, 2.45) is 0 Å². The maximum atomic E-state index is 6.44. The zero-order valence-electron chi connectivity index (χ0n) is 15.2. The van der Waals surface area contributed by atoms with E-state index in [-0.39, 0.29) is 6.10 Å². The van der Waals surface area contributed by atoms with E-state index in [0.717, 1.165) is 22.8 Å². The number of nitrogens with zero attached hydrogens (tertiary/aromatic N) is 4. The number of halogens is 2. The van der Waals surface area contributed by atoms with E-state index in [0.29, 0.717) is 16.6 Å². The molecule has 0 radical (unpaired) electrons. The molecule has 0 aliphatic rings.